The number of likely N-dealkylation sites (tertiary alicyclic amines) is 1. The SMILES string of the molecule is C[C@@H](C(=O)N1CCCC1)[NH+]1CCN(S(=O)(=O)c2cc(Cl)ccc2Cl)CC1. The molecule has 0 aromatic heterocycles. The van der Waals surface area contributed by atoms with E-state index in [0.29, 0.717) is 31.2 Å². The number of halogens is 2. The Hall–Kier alpha value is -0.860. The molecular weight excluding hydrogens is 397 g/mol. The highest BCUT2D eigenvalue weighted by atomic mass is 35.5. The smallest absolute Gasteiger partial charge is 0.280 e. The Morgan fingerprint density at radius 3 is 2.35 bits per heavy atom. The van der Waals surface area contributed by atoms with E-state index in [1.165, 1.54) is 16.4 Å². The molecule has 2 aliphatic heterocycles. The summed E-state index contributed by atoms with van der Waals surface area (Å²) in [5.41, 5.74) is 0. The van der Waals surface area contributed by atoms with Gasteiger partial charge in [-0.05, 0) is 38.0 Å². The summed E-state index contributed by atoms with van der Waals surface area (Å²) in [6, 6.07) is 4.30. The van der Waals surface area contributed by atoms with Crippen LogP contribution < -0.4 is 4.90 Å². The van der Waals surface area contributed by atoms with Crippen molar-refractivity contribution in [2.75, 3.05) is 39.3 Å². The number of nitrogens with one attached hydrogen (secondary N) is 1. The lowest BCUT2D eigenvalue weighted by Crippen LogP contribution is -3.19. The van der Waals surface area contributed by atoms with Gasteiger partial charge in [0.15, 0.2) is 6.04 Å². The lowest BCUT2D eigenvalue weighted by molar-refractivity contribution is -0.918. The van der Waals surface area contributed by atoms with Gasteiger partial charge in [0.2, 0.25) is 10.0 Å². The van der Waals surface area contributed by atoms with E-state index >= 15 is 0 Å². The molecule has 0 aliphatic carbocycles. The number of sulfonamides is 1. The van der Waals surface area contributed by atoms with Crippen LogP contribution in [0.3, 0.4) is 0 Å². The molecule has 0 spiro atoms. The van der Waals surface area contributed by atoms with Crippen LogP contribution in [-0.4, -0.2) is 68.8 Å². The molecule has 3 rings (SSSR count). The van der Waals surface area contributed by atoms with Gasteiger partial charge in [-0.1, -0.05) is 23.2 Å². The van der Waals surface area contributed by atoms with Gasteiger partial charge in [-0.3, -0.25) is 4.79 Å². The van der Waals surface area contributed by atoms with E-state index in [2.05, 4.69) is 0 Å². The Labute approximate surface area is 164 Å². The normalized spacial score (nSPS) is 21.1. The maximum Gasteiger partial charge on any atom is 0.280 e. The minimum Gasteiger partial charge on any atom is -0.338 e. The number of hydrogen-bond donors (Lipinski definition) is 1. The first-order chi connectivity index (χ1) is 12.3. The van der Waals surface area contributed by atoms with Crippen LogP contribution in [0.1, 0.15) is 19.8 Å². The quantitative estimate of drug-likeness (QED) is 0.786. The first-order valence-corrected chi connectivity index (χ1v) is 11.1. The Morgan fingerprint density at radius 2 is 1.73 bits per heavy atom. The lowest BCUT2D eigenvalue weighted by Gasteiger charge is -2.35. The summed E-state index contributed by atoms with van der Waals surface area (Å²) in [5.74, 6) is 0.173. The van der Waals surface area contributed by atoms with Crippen LogP contribution in [0.15, 0.2) is 23.1 Å². The first-order valence-electron chi connectivity index (χ1n) is 8.89. The highest BCUT2D eigenvalue weighted by Crippen LogP contribution is 2.27. The molecule has 1 aromatic rings. The number of carbonyl (C=O) groups is 1. The summed E-state index contributed by atoms with van der Waals surface area (Å²) in [6.45, 7) is 5.52. The zero-order valence-electron chi connectivity index (χ0n) is 14.7. The Morgan fingerprint density at radius 1 is 1.12 bits per heavy atom. The monoisotopic (exact) mass is 420 g/mol. The highest BCUT2D eigenvalue weighted by Gasteiger charge is 2.37. The number of hydrogen-bond acceptors (Lipinski definition) is 3. The van der Waals surface area contributed by atoms with Crippen molar-refractivity contribution in [2.45, 2.75) is 30.7 Å². The molecule has 1 aromatic carbocycles. The summed E-state index contributed by atoms with van der Waals surface area (Å²) in [7, 11) is -3.69. The molecule has 0 radical (unpaired) electrons. The summed E-state index contributed by atoms with van der Waals surface area (Å²) in [5, 5.41) is 0.504. The maximum absolute atomic E-state index is 12.9. The van der Waals surface area contributed by atoms with Crippen molar-refractivity contribution in [2.24, 2.45) is 0 Å². The van der Waals surface area contributed by atoms with Gasteiger partial charge < -0.3 is 9.80 Å². The molecule has 1 atom stereocenters. The van der Waals surface area contributed by atoms with Crippen molar-refractivity contribution < 1.29 is 18.1 Å². The fraction of sp³-hybridized carbons (Fsp3) is 0.588. The van der Waals surface area contributed by atoms with Crippen LogP contribution in [-0.2, 0) is 14.8 Å². The number of piperazine rings is 1. The van der Waals surface area contributed by atoms with Gasteiger partial charge in [0, 0.05) is 18.1 Å². The van der Waals surface area contributed by atoms with Gasteiger partial charge in [-0.15, -0.1) is 0 Å². The summed E-state index contributed by atoms with van der Waals surface area (Å²) in [4.78, 5) is 15.7. The van der Waals surface area contributed by atoms with E-state index in [1.54, 1.807) is 6.07 Å². The maximum atomic E-state index is 12.9. The molecule has 2 aliphatic rings. The highest BCUT2D eigenvalue weighted by molar-refractivity contribution is 7.89. The van der Waals surface area contributed by atoms with E-state index in [9.17, 15) is 13.2 Å². The standard InChI is InChI=1S/C17H23Cl2N3O3S/c1-13(17(23)21-6-2-3-7-21)20-8-10-22(11-9-20)26(24,25)16-12-14(18)4-5-15(16)19/h4-5,12-13H,2-3,6-11H2,1H3/p+1/t13-/m0/s1. The molecule has 144 valence electrons. The van der Waals surface area contributed by atoms with Crippen molar-refractivity contribution in [1.29, 1.82) is 0 Å². The number of amides is 1. The molecule has 1 amide bonds. The molecule has 0 unspecified atom stereocenters. The minimum atomic E-state index is -3.69. The van der Waals surface area contributed by atoms with Crippen molar-refractivity contribution in [3.63, 3.8) is 0 Å². The van der Waals surface area contributed by atoms with Gasteiger partial charge in [0.25, 0.3) is 5.91 Å². The van der Waals surface area contributed by atoms with Gasteiger partial charge in [0.05, 0.1) is 31.2 Å². The van der Waals surface area contributed by atoms with E-state index < -0.39 is 10.0 Å². The van der Waals surface area contributed by atoms with Crippen LogP contribution in [0.4, 0.5) is 0 Å². The van der Waals surface area contributed by atoms with Crippen LogP contribution in [0.25, 0.3) is 0 Å². The molecule has 0 saturated carbocycles. The predicted octanol–water partition coefficient (Wildman–Crippen LogP) is 0.893. The molecule has 2 fully saturated rings. The van der Waals surface area contributed by atoms with Crippen LogP contribution in [0, 0.1) is 0 Å². The molecule has 2 heterocycles. The number of rotatable bonds is 4. The van der Waals surface area contributed by atoms with Crippen LogP contribution >= 0.6 is 23.2 Å². The number of nitrogens with zero attached hydrogens (tertiary/aromatic N) is 2. The molecule has 1 N–H and O–H groups in total. The third-order valence-electron chi connectivity index (χ3n) is 5.28. The third-order valence-corrected chi connectivity index (χ3v) is 7.89. The van der Waals surface area contributed by atoms with E-state index in [-0.39, 0.29) is 21.9 Å². The fourth-order valence-electron chi connectivity index (χ4n) is 3.65. The largest absolute Gasteiger partial charge is 0.338 e. The van der Waals surface area contributed by atoms with E-state index in [1.807, 2.05) is 11.8 Å². The van der Waals surface area contributed by atoms with Gasteiger partial charge >= 0.3 is 0 Å². The average molecular weight is 421 g/mol. The summed E-state index contributed by atoms with van der Waals surface area (Å²) >= 11 is 12.0. The number of quaternary nitrogens is 1. The number of carbonyl (C=O) groups excluding carboxylic acids is 1. The van der Waals surface area contributed by atoms with Crippen molar-refractivity contribution in [1.82, 2.24) is 9.21 Å². The average Bonchev–Trinajstić information content (AvgIpc) is 3.17. The minimum absolute atomic E-state index is 0.0382. The fourth-order valence-corrected chi connectivity index (χ4v) is 5.83. The second-order valence-electron chi connectivity index (χ2n) is 6.89. The zero-order chi connectivity index (χ0) is 18.9. The van der Waals surface area contributed by atoms with E-state index in [4.69, 9.17) is 23.2 Å². The van der Waals surface area contributed by atoms with Crippen molar-refractivity contribution in [3.05, 3.63) is 28.2 Å². The summed E-state index contributed by atoms with van der Waals surface area (Å²) in [6.07, 6.45) is 2.14. The molecule has 9 heteroatoms. The van der Waals surface area contributed by atoms with Crippen molar-refractivity contribution >= 4 is 39.1 Å². The molecule has 6 nitrogen and oxygen atoms in total. The number of benzene rings is 1. The first kappa shape index (κ1) is 19.9. The third kappa shape index (κ3) is 4.02. The molecule has 26 heavy (non-hydrogen) atoms. The second-order valence-corrected chi connectivity index (χ2v) is 9.64. The summed E-state index contributed by atoms with van der Waals surface area (Å²) < 4.78 is 27.2. The Bertz CT molecular complexity index is 773. The van der Waals surface area contributed by atoms with Crippen molar-refractivity contribution in [3.8, 4) is 0 Å². The van der Waals surface area contributed by atoms with Crippen LogP contribution in [0.2, 0.25) is 10.0 Å². The molecule has 2 saturated heterocycles. The lowest BCUT2D eigenvalue weighted by atomic mass is 10.2. The zero-order valence-corrected chi connectivity index (χ0v) is 17.1. The second kappa shape index (κ2) is 8.02. The topological polar surface area (TPSA) is 62.1 Å². The molecular formula is C17H24Cl2N3O3S+. The van der Waals surface area contributed by atoms with Gasteiger partial charge in [-0.25, -0.2) is 8.42 Å². The van der Waals surface area contributed by atoms with Gasteiger partial charge in [0.1, 0.15) is 4.90 Å². The van der Waals surface area contributed by atoms with Crippen LogP contribution in [0.5, 0.6) is 0 Å². The van der Waals surface area contributed by atoms with Gasteiger partial charge in [-0.2, -0.15) is 4.31 Å². The molecule has 0 bridgehead atoms. The van der Waals surface area contributed by atoms with E-state index in [0.717, 1.165) is 30.8 Å². The Balaban J connectivity index is 1.66. The Kier molecular flexibility index (Phi) is 6.14. The predicted molar refractivity (Wildman–Crippen MR) is 101 cm³/mol.